The standard InChI is InChI=1S/C11H10Cl2N2O4/c12-6-2-1-5(3-7(6)13)10(17)15-8(11(18)19)4-9(14)16/h1-3,8H,4H2,(H2,14,16)(H,15,17)(H,18,19)/t8-/m0/s1. The summed E-state index contributed by atoms with van der Waals surface area (Å²) in [6.07, 6.45) is -0.498. The Morgan fingerprint density at radius 2 is 1.89 bits per heavy atom. The number of carbonyl (C=O) groups is 3. The number of benzene rings is 1. The van der Waals surface area contributed by atoms with Gasteiger partial charge in [-0.2, -0.15) is 0 Å². The molecule has 0 fully saturated rings. The number of amides is 2. The molecule has 1 atom stereocenters. The highest BCUT2D eigenvalue weighted by atomic mass is 35.5. The fraction of sp³-hybridized carbons (Fsp3) is 0.182. The smallest absolute Gasteiger partial charge is 0.326 e. The second-order valence-corrected chi connectivity index (χ2v) is 4.48. The van der Waals surface area contributed by atoms with Crippen LogP contribution in [0.1, 0.15) is 16.8 Å². The van der Waals surface area contributed by atoms with Crippen LogP contribution in [0, 0.1) is 0 Å². The summed E-state index contributed by atoms with van der Waals surface area (Å²) in [6.45, 7) is 0. The topological polar surface area (TPSA) is 109 Å². The van der Waals surface area contributed by atoms with E-state index in [1.807, 2.05) is 0 Å². The Bertz CT molecular complexity index is 533. The highest BCUT2D eigenvalue weighted by molar-refractivity contribution is 6.42. The number of carbonyl (C=O) groups excluding carboxylic acids is 2. The number of nitrogens with one attached hydrogen (secondary N) is 1. The molecule has 0 heterocycles. The lowest BCUT2D eigenvalue weighted by Crippen LogP contribution is -2.43. The van der Waals surface area contributed by atoms with Crippen molar-refractivity contribution >= 4 is 41.0 Å². The maximum atomic E-state index is 11.8. The predicted molar refractivity (Wildman–Crippen MR) is 69.2 cm³/mol. The molecule has 2 amide bonds. The monoisotopic (exact) mass is 304 g/mol. The van der Waals surface area contributed by atoms with Crippen LogP contribution in [0.2, 0.25) is 10.0 Å². The van der Waals surface area contributed by atoms with Gasteiger partial charge in [-0.05, 0) is 18.2 Å². The van der Waals surface area contributed by atoms with Gasteiger partial charge in [-0.25, -0.2) is 4.79 Å². The maximum absolute atomic E-state index is 11.8. The van der Waals surface area contributed by atoms with Gasteiger partial charge in [0.25, 0.3) is 5.91 Å². The summed E-state index contributed by atoms with van der Waals surface area (Å²) < 4.78 is 0. The van der Waals surface area contributed by atoms with Gasteiger partial charge in [-0.15, -0.1) is 0 Å². The first kappa shape index (κ1) is 15.3. The molecule has 0 saturated carbocycles. The third-order valence-electron chi connectivity index (χ3n) is 2.19. The molecular formula is C11H10Cl2N2O4. The molecule has 0 aromatic heterocycles. The van der Waals surface area contributed by atoms with Gasteiger partial charge < -0.3 is 16.2 Å². The molecular weight excluding hydrogens is 295 g/mol. The molecule has 0 aliphatic rings. The first-order chi connectivity index (χ1) is 8.81. The lowest BCUT2D eigenvalue weighted by atomic mass is 10.1. The van der Waals surface area contributed by atoms with Crippen LogP contribution in [-0.2, 0) is 9.59 Å². The number of rotatable bonds is 5. The highest BCUT2D eigenvalue weighted by Gasteiger charge is 2.22. The van der Waals surface area contributed by atoms with E-state index in [-0.39, 0.29) is 15.6 Å². The zero-order valence-electron chi connectivity index (χ0n) is 9.52. The van der Waals surface area contributed by atoms with Crippen molar-refractivity contribution in [3.8, 4) is 0 Å². The van der Waals surface area contributed by atoms with E-state index in [9.17, 15) is 14.4 Å². The van der Waals surface area contributed by atoms with Crippen molar-refractivity contribution in [2.45, 2.75) is 12.5 Å². The quantitative estimate of drug-likeness (QED) is 0.755. The third-order valence-corrected chi connectivity index (χ3v) is 2.93. The summed E-state index contributed by atoms with van der Waals surface area (Å²) >= 11 is 11.4. The van der Waals surface area contributed by atoms with Crippen LogP contribution < -0.4 is 11.1 Å². The van der Waals surface area contributed by atoms with Crippen molar-refractivity contribution in [2.75, 3.05) is 0 Å². The zero-order chi connectivity index (χ0) is 14.6. The average molecular weight is 305 g/mol. The van der Waals surface area contributed by atoms with Gasteiger partial charge in [0.15, 0.2) is 0 Å². The van der Waals surface area contributed by atoms with E-state index in [1.165, 1.54) is 18.2 Å². The Kier molecular flexibility index (Phi) is 5.14. The molecule has 102 valence electrons. The van der Waals surface area contributed by atoms with Crippen LogP contribution in [-0.4, -0.2) is 28.9 Å². The van der Waals surface area contributed by atoms with Gasteiger partial charge in [0.1, 0.15) is 6.04 Å². The van der Waals surface area contributed by atoms with Crippen LogP contribution in [0.4, 0.5) is 0 Å². The Hall–Kier alpha value is -1.79. The Labute approximate surface area is 118 Å². The van der Waals surface area contributed by atoms with Crippen LogP contribution in [0.15, 0.2) is 18.2 Å². The van der Waals surface area contributed by atoms with Crippen LogP contribution in [0.3, 0.4) is 0 Å². The molecule has 1 aromatic rings. The summed E-state index contributed by atoms with van der Waals surface area (Å²) in [5.74, 6) is -2.87. The van der Waals surface area contributed by atoms with Crippen LogP contribution in [0.5, 0.6) is 0 Å². The number of primary amides is 1. The van der Waals surface area contributed by atoms with Crippen LogP contribution in [0.25, 0.3) is 0 Å². The van der Waals surface area contributed by atoms with Crippen molar-refractivity contribution in [1.29, 1.82) is 0 Å². The maximum Gasteiger partial charge on any atom is 0.326 e. The SMILES string of the molecule is NC(=O)C[C@H](NC(=O)c1ccc(Cl)c(Cl)c1)C(=O)O. The van der Waals surface area contributed by atoms with E-state index < -0.39 is 30.2 Å². The second kappa shape index (κ2) is 6.40. The number of nitrogens with two attached hydrogens (primary N) is 1. The lowest BCUT2D eigenvalue weighted by Gasteiger charge is -2.13. The minimum Gasteiger partial charge on any atom is -0.480 e. The molecule has 0 saturated heterocycles. The minimum absolute atomic E-state index is 0.130. The van der Waals surface area contributed by atoms with Gasteiger partial charge in [0.05, 0.1) is 16.5 Å². The molecule has 4 N–H and O–H groups in total. The van der Waals surface area contributed by atoms with E-state index >= 15 is 0 Å². The molecule has 0 unspecified atom stereocenters. The number of carboxylic acid groups (broad SMARTS) is 1. The molecule has 0 radical (unpaired) electrons. The number of hydrogen-bond donors (Lipinski definition) is 3. The van der Waals surface area contributed by atoms with E-state index in [0.717, 1.165) is 0 Å². The van der Waals surface area contributed by atoms with Crippen molar-refractivity contribution in [3.05, 3.63) is 33.8 Å². The summed E-state index contributed by atoms with van der Waals surface area (Å²) in [4.78, 5) is 33.3. The molecule has 0 aliphatic carbocycles. The Morgan fingerprint density at radius 1 is 1.26 bits per heavy atom. The number of hydrogen-bond acceptors (Lipinski definition) is 3. The summed E-state index contributed by atoms with van der Waals surface area (Å²) in [5, 5.41) is 11.4. The van der Waals surface area contributed by atoms with Crippen molar-refractivity contribution < 1.29 is 19.5 Å². The van der Waals surface area contributed by atoms with Crippen molar-refractivity contribution in [2.24, 2.45) is 5.73 Å². The minimum atomic E-state index is -1.39. The molecule has 0 bridgehead atoms. The molecule has 8 heteroatoms. The zero-order valence-corrected chi connectivity index (χ0v) is 11.0. The largest absolute Gasteiger partial charge is 0.480 e. The summed E-state index contributed by atoms with van der Waals surface area (Å²) in [5.41, 5.74) is 5.03. The molecule has 6 nitrogen and oxygen atoms in total. The fourth-order valence-electron chi connectivity index (χ4n) is 1.28. The van der Waals surface area contributed by atoms with Gasteiger partial charge in [0.2, 0.25) is 5.91 Å². The number of aliphatic carboxylic acids is 1. The van der Waals surface area contributed by atoms with Crippen molar-refractivity contribution in [3.63, 3.8) is 0 Å². The van der Waals surface area contributed by atoms with Crippen molar-refractivity contribution in [1.82, 2.24) is 5.32 Å². The normalized spacial score (nSPS) is 11.7. The molecule has 1 aromatic carbocycles. The fourth-order valence-corrected chi connectivity index (χ4v) is 1.58. The molecule has 1 rings (SSSR count). The Morgan fingerprint density at radius 3 is 2.37 bits per heavy atom. The van der Waals surface area contributed by atoms with E-state index in [1.54, 1.807) is 0 Å². The average Bonchev–Trinajstić information content (AvgIpc) is 2.31. The first-order valence-corrected chi connectivity index (χ1v) is 5.84. The molecule has 19 heavy (non-hydrogen) atoms. The Balaban J connectivity index is 2.84. The van der Waals surface area contributed by atoms with Crippen LogP contribution >= 0.6 is 23.2 Å². The predicted octanol–water partition coefficient (Wildman–Crippen LogP) is 1.05. The lowest BCUT2D eigenvalue weighted by molar-refractivity contribution is -0.140. The highest BCUT2D eigenvalue weighted by Crippen LogP contribution is 2.22. The van der Waals surface area contributed by atoms with Gasteiger partial charge in [-0.1, -0.05) is 23.2 Å². The van der Waals surface area contributed by atoms with E-state index in [0.29, 0.717) is 0 Å². The van der Waals surface area contributed by atoms with E-state index in [2.05, 4.69) is 5.32 Å². The summed E-state index contributed by atoms with van der Waals surface area (Å²) in [7, 11) is 0. The molecule has 0 spiro atoms. The second-order valence-electron chi connectivity index (χ2n) is 3.66. The number of halogens is 2. The summed E-state index contributed by atoms with van der Waals surface area (Å²) in [6, 6.07) is 2.69. The first-order valence-electron chi connectivity index (χ1n) is 5.08. The third kappa shape index (κ3) is 4.42. The number of carboxylic acids is 1. The van der Waals surface area contributed by atoms with Gasteiger partial charge in [-0.3, -0.25) is 9.59 Å². The van der Waals surface area contributed by atoms with E-state index in [4.69, 9.17) is 34.0 Å². The van der Waals surface area contributed by atoms with Gasteiger partial charge in [0, 0.05) is 5.56 Å². The molecule has 0 aliphatic heterocycles. The van der Waals surface area contributed by atoms with Gasteiger partial charge >= 0.3 is 5.97 Å².